The summed E-state index contributed by atoms with van der Waals surface area (Å²) in [5.41, 5.74) is 9.02. The number of carbonyl (C=O) groups excluding carboxylic acids is 1. The predicted octanol–water partition coefficient (Wildman–Crippen LogP) is 2.11. The van der Waals surface area contributed by atoms with Crippen LogP contribution in [0.1, 0.15) is 27.3 Å². The molecule has 2 heterocycles. The molecular formula is C15H17N3O2. The highest BCUT2D eigenvalue weighted by molar-refractivity contribution is 5.95. The fraction of sp³-hybridized carbons (Fsp3) is 0.267. The SMILES string of the molecule is COc1c(C)cnc(CC(=O)c2ccc(N)cn2)c1C. The topological polar surface area (TPSA) is 78.1 Å². The van der Waals surface area contributed by atoms with Crippen molar-refractivity contribution in [3.63, 3.8) is 0 Å². The number of ketones is 1. The lowest BCUT2D eigenvalue weighted by atomic mass is 10.0. The summed E-state index contributed by atoms with van der Waals surface area (Å²) in [7, 11) is 1.61. The number of aryl methyl sites for hydroxylation is 1. The molecule has 0 aromatic carbocycles. The molecule has 104 valence electrons. The van der Waals surface area contributed by atoms with E-state index < -0.39 is 0 Å². The van der Waals surface area contributed by atoms with E-state index in [0.29, 0.717) is 17.1 Å². The van der Waals surface area contributed by atoms with Crippen LogP contribution in [0.4, 0.5) is 5.69 Å². The molecule has 0 atom stereocenters. The van der Waals surface area contributed by atoms with E-state index in [9.17, 15) is 4.79 Å². The number of aromatic nitrogens is 2. The van der Waals surface area contributed by atoms with Crippen LogP contribution in [0.25, 0.3) is 0 Å². The second kappa shape index (κ2) is 5.69. The van der Waals surface area contributed by atoms with Gasteiger partial charge in [-0.25, -0.2) is 0 Å². The summed E-state index contributed by atoms with van der Waals surface area (Å²) in [6.07, 6.45) is 3.38. The Morgan fingerprint density at radius 2 is 2.00 bits per heavy atom. The third kappa shape index (κ3) is 2.77. The third-order valence-electron chi connectivity index (χ3n) is 3.15. The molecule has 0 aliphatic rings. The van der Waals surface area contributed by atoms with Crippen molar-refractivity contribution in [1.29, 1.82) is 0 Å². The Kier molecular flexibility index (Phi) is 3.98. The number of carbonyl (C=O) groups is 1. The van der Waals surface area contributed by atoms with Crippen molar-refractivity contribution in [2.24, 2.45) is 0 Å². The average Bonchev–Trinajstić information content (AvgIpc) is 2.43. The van der Waals surface area contributed by atoms with Gasteiger partial charge in [-0.1, -0.05) is 0 Å². The van der Waals surface area contributed by atoms with Gasteiger partial charge in [-0.05, 0) is 26.0 Å². The molecule has 5 nitrogen and oxygen atoms in total. The maximum Gasteiger partial charge on any atom is 0.187 e. The largest absolute Gasteiger partial charge is 0.496 e. The maximum atomic E-state index is 12.2. The Morgan fingerprint density at radius 1 is 1.25 bits per heavy atom. The normalized spacial score (nSPS) is 10.3. The molecule has 2 aromatic heterocycles. The Bertz CT molecular complexity index is 636. The number of methoxy groups -OCH3 is 1. The van der Waals surface area contributed by atoms with Crippen LogP contribution in [0.2, 0.25) is 0 Å². The fourth-order valence-electron chi connectivity index (χ4n) is 2.06. The van der Waals surface area contributed by atoms with Crippen LogP contribution in [0.15, 0.2) is 24.5 Å². The van der Waals surface area contributed by atoms with Gasteiger partial charge in [-0.2, -0.15) is 0 Å². The van der Waals surface area contributed by atoms with Crippen molar-refractivity contribution in [2.75, 3.05) is 12.8 Å². The molecular weight excluding hydrogens is 254 g/mol. The maximum absolute atomic E-state index is 12.2. The first-order valence-electron chi connectivity index (χ1n) is 6.26. The number of pyridine rings is 2. The molecule has 0 saturated heterocycles. The minimum Gasteiger partial charge on any atom is -0.496 e. The van der Waals surface area contributed by atoms with E-state index in [1.54, 1.807) is 25.4 Å². The van der Waals surface area contributed by atoms with Crippen LogP contribution in [-0.2, 0) is 6.42 Å². The van der Waals surface area contributed by atoms with Crippen LogP contribution in [0.3, 0.4) is 0 Å². The van der Waals surface area contributed by atoms with Gasteiger partial charge in [0.2, 0.25) is 0 Å². The second-order valence-corrected chi connectivity index (χ2v) is 4.62. The van der Waals surface area contributed by atoms with Crippen molar-refractivity contribution >= 4 is 11.5 Å². The first kappa shape index (κ1) is 14.0. The molecule has 2 N–H and O–H groups in total. The number of ether oxygens (including phenoxy) is 1. The van der Waals surface area contributed by atoms with Crippen LogP contribution >= 0.6 is 0 Å². The number of anilines is 1. The standard InChI is InChI=1S/C15H17N3O2/c1-9-7-17-13(10(2)15(9)20-3)6-14(19)12-5-4-11(16)8-18-12/h4-5,7-8H,6,16H2,1-3H3. The van der Waals surface area contributed by atoms with Crippen molar-refractivity contribution in [2.45, 2.75) is 20.3 Å². The van der Waals surface area contributed by atoms with Gasteiger partial charge in [0, 0.05) is 17.3 Å². The summed E-state index contributed by atoms with van der Waals surface area (Å²) in [4.78, 5) is 20.5. The molecule has 0 aliphatic heterocycles. The van der Waals surface area contributed by atoms with Gasteiger partial charge in [-0.3, -0.25) is 14.8 Å². The first-order valence-corrected chi connectivity index (χ1v) is 6.26. The predicted molar refractivity (Wildman–Crippen MR) is 76.9 cm³/mol. The number of hydrogen-bond acceptors (Lipinski definition) is 5. The zero-order valence-electron chi connectivity index (χ0n) is 11.8. The smallest absolute Gasteiger partial charge is 0.187 e. The molecule has 0 aliphatic carbocycles. The number of nitrogen functional groups attached to an aromatic ring is 1. The van der Waals surface area contributed by atoms with Crippen LogP contribution in [-0.4, -0.2) is 22.9 Å². The molecule has 2 rings (SSSR count). The highest BCUT2D eigenvalue weighted by Gasteiger charge is 2.14. The lowest BCUT2D eigenvalue weighted by Gasteiger charge is -2.11. The molecule has 2 aromatic rings. The molecule has 0 fully saturated rings. The minimum absolute atomic E-state index is 0.0912. The number of nitrogens with zero attached hydrogens (tertiary/aromatic N) is 2. The van der Waals surface area contributed by atoms with E-state index >= 15 is 0 Å². The third-order valence-corrected chi connectivity index (χ3v) is 3.15. The number of hydrogen-bond donors (Lipinski definition) is 1. The highest BCUT2D eigenvalue weighted by Crippen LogP contribution is 2.24. The van der Waals surface area contributed by atoms with E-state index in [4.69, 9.17) is 10.5 Å². The van der Waals surface area contributed by atoms with Crippen molar-refractivity contribution in [3.05, 3.63) is 47.0 Å². The quantitative estimate of drug-likeness (QED) is 0.862. The molecule has 0 amide bonds. The van der Waals surface area contributed by atoms with E-state index in [1.807, 2.05) is 13.8 Å². The number of Topliss-reactive ketones (excluding diaryl/α,β-unsaturated/α-hetero) is 1. The Hall–Kier alpha value is -2.43. The van der Waals surface area contributed by atoms with E-state index in [0.717, 1.165) is 16.9 Å². The van der Waals surface area contributed by atoms with Gasteiger partial charge in [0.25, 0.3) is 0 Å². The summed E-state index contributed by atoms with van der Waals surface area (Å²) in [6.45, 7) is 3.82. The second-order valence-electron chi connectivity index (χ2n) is 4.62. The molecule has 0 unspecified atom stereocenters. The summed E-state index contributed by atoms with van der Waals surface area (Å²) in [6, 6.07) is 3.29. The van der Waals surface area contributed by atoms with Gasteiger partial charge >= 0.3 is 0 Å². The molecule has 0 bridgehead atoms. The molecule has 0 radical (unpaired) electrons. The zero-order chi connectivity index (χ0) is 14.7. The van der Waals surface area contributed by atoms with Crippen LogP contribution in [0.5, 0.6) is 5.75 Å². The summed E-state index contributed by atoms with van der Waals surface area (Å²) in [5, 5.41) is 0. The van der Waals surface area contributed by atoms with Gasteiger partial charge in [0.15, 0.2) is 5.78 Å². The number of rotatable bonds is 4. The van der Waals surface area contributed by atoms with Gasteiger partial charge < -0.3 is 10.5 Å². The minimum atomic E-state index is -0.0912. The summed E-state index contributed by atoms with van der Waals surface area (Å²) in [5.74, 6) is 0.680. The first-order chi connectivity index (χ1) is 9.52. The lowest BCUT2D eigenvalue weighted by Crippen LogP contribution is -2.10. The van der Waals surface area contributed by atoms with E-state index in [-0.39, 0.29) is 12.2 Å². The van der Waals surface area contributed by atoms with E-state index in [1.165, 1.54) is 6.20 Å². The van der Waals surface area contributed by atoms with Crippen molar-refractivity contribution in [3.8, 4) is 5.75 Å². The molecule has 0 saturated carbocycles. The average molecular weight is 271 g/mol. The van der Waals surface area contributed by atoms with Crippen molar-refractivity contribution < 1.29 is 9.53 Å². The van der Waals surface area contributed by atoms with Gasteiger partial charge in [-0.15, -0.1) is 0 Å². The molecule has 20 heavy (non-hydrogen) atoms. The summed E-state index contributed by atoms with van der Waals surface area (Å²) >= 11 is 0. The zero-order valence-corrected chi connectivity index (χ0v) is 11.8. The Balaban J connectivity index is 2.26. The lowest BCUT2D eigenvalue weighted by molar-refractivity contribution is 0.0987. The summed E-state index contributed by atoms with van der Waals surface area (Å²) < 4.78 is 5.34. The Morgan fingerprint density at radius 3 is 2.60 bits per heavy atom. The van der Waals surface area contributed by atoms with Crippen molar-refractivity contribution in [1.82, 2.24) is 9.97 Å². The van der Waals surface area contributed by atoms with Gasteiger partial charge in [0.05, 0.1) is 31.1 Å². The van der Waals surface area contributed by atoms with E-state index in [2.05, 4.69) is 9.97 Å². The number of nitrogens with two attached hydrogens (primary N) is 1. The highest BCUT2D eigenvalue weighted by atomic mass is 16.5. The Labute approximate surface area is 117 Å². The molecule has 5 heteroatoms. The molecule has 0 spiro atoms. The van der Waals surface area contributed by atoms with Crippen LogP contribution < -0.4 is 10.5 Å². The fourth-order valence-corrected chi connectivity index (χ4v) is 2.06. The van der Waals surface area contributed by atoms with Gasteiger partial charge in [0.1, 0.15) is 11.4 Å². The monoisotopic (exact) mass is 271 g/mol. The van der Waals surface area contributed by atoms with Crippen LogP contribution in [0, 0.1) is 13.8 Å².